The van der Waals surface area contributed by atoms with Crippen molar-refractivity contribution >= 4 is 0 Å². The van der Waals surface area contributed by atoms with E-state index < -0.39 is 0 Å². The van der Waals surface area contributed by atoms with Crippen molar-refractivity contribution in [2.45, 2.75) is 38.3 Å². The molecule has 2 aromatic heterocycles. The number of hydrogen-bond donors (Lipinski definition) is 1. The Morgan fingerprint density at radius 3 is 3.17 bits per heavy atom. The summed E-state index contributed by atoms with van der Waals surface area (Å²) in [6, 6.07) is 8.72. The number of rotatable bonds is 3. The number of aryl methyl sites for hydroxylation is 1. The zero-order valence-corrected chi connectivity index (χ0v) is 10.6. The van der Waals surface area contributed by atoms with Crippen LogP contribution < -0.4 is 5.32 Å². The van der Waals surface area contributed by atoms with Gasteiger partial charge in [-0.1, -0.05) is 6.07 Å². The lowest BCUT2D eigenvalue weighted by Gasteiger charge is -2.27. The second-order valence-electron chi connectivity index (χ2n) is 4.90. The maximum Gasteiger partial charge on any atom is 0.120 e. The van der Waals surface area contributed by atoms with Gasteiger partial charge in [-0.25, -0.2) is 0 Å². The van der Waals surface area contributed by atoms with E-state index in [4.69, 9.17) is 4.42 Å². The van der Waals surface area contributed by atoms with Crippen LogP contribution in [0.2, 0.25) is 0 Å². The average molecular weight is 242 g/mol. The number of furan rings is 1. The Kier molecular flexibility index (Phi) is 3.15. The largest absolute Gasteiger partial charge is 0.468 e. The van der Waals surface area contributed by atoms with E-state index >= 15 is 0 Å². The van der Waals surface area contributed by atoms with Gasteiger partial charge >= 0.3 is 0 Å². The minimum Gasteiger partial charge on any atom is -0.468 e. The molecule has 0 radical (unpaired) electrons. The number of fused-ring (bicyclic) bond motifs is 1. The Morgan fingerprint density at radius 1 is 1.39 bits per heavy atom. The summed E-state index contributed by atoms with van der Waals surface area (Å²) in [5.41, 5.74) is 2.59. The first kappa shape index (κ1) is 11.5. The van der Waals surface area contributed by atoms with Crippen molar-refractivity contribution in [1.29, 1.82) is 0 Å². The second kappa shape index (κ2) is 4.94. The van der Waals surface area contributed by atoms with E-state index in [0.29, 0.717) is 6.04 Å². The minimum atomic E-state index is 0.220. The zero-order valence-electron chi connectivity index (χ0n) is 10.6. The smallest absolute Gasteiger partial charge is 0.120 e. The molecule has 0 fully saturated rings. The van der Waals surface area contributed by atoms with Gasteiger partial charge in [0.2, 0.25) is 0 Å². The van der Waals surface area contributed by atoms with Crippen molar-refractivity contribution in [3.8, 4) is 0 Å². The first-order valence-electron chi connectivity index (χ1n) is 6.58. The van der Waals surface area contributed by atoms with Gasteiger partial charge in [-0.15, -0.1) is 0 Å². The maximum atomic E-state index is 5.44. The fourth-order valence-corrected chi connectivity index (χ4v) is 2.69. The van der Waals surface area contributed by atoms with Gasteiger partial charge < -0.3 is 4.42 Å². The molecule has 0 aliphatic heterocycles. The summed E-state index contributed by atoms with van der Waals surface area (Å²) in [7, 11) is 0. The summed E-state index contributed by atoms with van der Waals surface area (Å²) in [4.78, 5) is 4.54. The highest BCUT2D eigenvalue weighted by atomic mass is 16.3. The molecule has 0 saturated heterocycles. The van der Waals surface area contributed by atoms with Gasteiger partial charge in [0, 0.05) is 6.20 Å². The zero-order chi connectivity index (χ0) is 12.4. The number of pyridine rings is 1. The van der Waals surface area contributed by atoms with Crippen molar-refractivity contribution in [2.75, 3.05) is 0 Å². The maximum absolute atomic E-state index is 5.44. The monoisotopic (exact) mass is 242 g/mol. The van der Waals surface area contributed by atoms with Crippen LogP contribution in [0.25, 0.3) is 0 Å². The van der Waals surface area contributed by atoms with Crippen molar-refractivity contribution in [2.24, 2.45) is 0 Å². The SMILES string of the molecule is CC(NC1CCCc2cccnc21)c1ccco1. The fourth-order valence-electron chi connectivity index (χ4n) is 2.69. The van der Waals surface area contributed by atoms with Crippen LogP contribution in [0, 0.1) is 0 Å². The summed E-state index contributed by atoms with van der Waals surface area (Å²) < 4.78 is 5.44. The van der Waals surface area contributed by atoms with Gasteiger partial charge in [-0.05, 0) is 49.9 Å². The number of hydrogen-bond acceptors (Lipinski definition) is 3. The van der Waals surface area contributed by atoms with Gasteiger partial charge in [0.15, 0.2) is 0 Å². The van der Waals surface area contributed by atoms with E-state index in [2.05, 4.69) is 23.3 Å². The number of nitrogens with zero attached hydrogens (tertiary/aromatic N) is 1. The van der Waals surface area contributed by atoms with Crippen molar-refractivity contribution < 1.29 is 4.42 Å². The van der Waals surface area contributed by atoms with Gasteiger partial charge in [0.05, 0.1) is 24.0 Å². The van der Waals surface area contributed by atoms with E-state index in [9.17, 15) is 0 Å². The molecule has 3 rings (SSSR count). The van der Waals surface area contributed by atoms with Gasteiger partial charge in [0.25, 0.3) is 0 Å². The molecular formula is C15H18N2O. The standard InChI is InChI=1S/C15H18N2O/c1-11(14-8-4-10-18-14)17-13-7-2-5-12-6-3-9-16-15(12)13/h3-4,6,8-11,13,17H,2,5,7H2,1H3. The first-order valence-corrected chi connectivity index (χ1v) is 6.58. The molecule has 0 aromatic carbocycles. The second-order valence-corrected chi connectivity index (χ2v) is 4.90. The van der Waals surface area contributed by atoms with Crippen LogP contribution in [0.3, 0.4) is 0 Å². The number of aromatic nitrogens is 1. The molecule has 1 aliphatic rings. The Bertz CT molecular complexity index is 507. The summed E-state index contributed by atoms with van der Waals surface area (Å²) in [6.45, 7) is 2.13. The summed E-state index contributed by atoms with van der Waals surface area (Å²) in [6.07, 6.45) is 7.13. The molecule has 94 valence electrons. The molecule has 3 heteroatoms. The summed E-state index contributed by atoms with van der Waals surface area (Å²) in [5, 5.41) is 3.62. The molecule has 2 aromatic rings. The highest BCUT2D eigenvalue weighted by Crippen LogP contribution is 2.30. The molecule has 1 N–H and O–H groups in total. The molecule has 2 unspecified atom stereocenters. The lowest BCUT2D eigenvalue weighted by molar-refractivity contribution is 0.362. The Hall–Kier alpha value is -1.61. The molecule has 2 atom stereocenters. The normalized spacial score (nSPS) is 20.4. The van der Waals surface area contributed by atoms with E-state index in [1.165, 1.54) is 17.7 Å². The Morgan fingerprint density at radius 2 is 2.33 bits per heavy atom. The molecular weight excluding hydrogens is 224 g/mol. The van der Waals surface area contributed by atoms with E-state index in [1.807, 2.05) is 24.4 Å². The molecule has 1 aliphatic carbocycles. The highest BCUT2D eigenvalue weighted by molar-refractivity contribution is 5.25. The summed E-state index contributed by atoms with van der Waals surface area (Å²) in [5.74, 6) is 0.984. The van der Waals surface area contributed by atoms with E-state index in [0.717, 1.165) is 18.6 Å². The van der Waals surface area contributed by atoms with Crippen LogP contribution in [0.15, 0.2) is 41.1 Å². The highest BCUT2D eigenvalue weighted by Gasteiger charge is 2.23. The van der Waals surface area contributed by atoms with Crippen molar-refractivity contribution in [3.63, 3.8) is 0 Å². The third-order valence-corrected chi connectivity index (χ3v) is 3.62. The number of nitrogens with one attached hydrogen (secondary N) is 1. The third-order valence-electron chi connectivity index (χ3n) is 3.62. The molecule has 0 spiro atoms. The van der Waals surface area contributed by atoms with Gasteiger partial charge in [0.1, 0.15) is 5.76 Å². The van der Waals surface area contributed by atoms with Crippen LogP contribution >= 0.6 is 0 Å². The molecule has 0 bridgehead atoms. The Balaban J connectivity index is 1.78. The third kappa shape index (κ3) is 2.18. The molecule has 0 saturated carbocycles. The molecule has 2 heterocycles. The van der Waals surface area contributed by atoms with Crippen LogP contribution in [0.1, 0.15) is 48.9 Å². The van der Waals surface area contributed by atoms with Crippen molar-refractivity contribution in [3.05, 3.63) is 53.7 Å². The average Bonchev–Trinajstić information content (AvgIpc) is 2.93. The lowest BCUT2D eigenvalue weighted by atomic mass is 9.91. The van der Waals surface area contributed by atoms with Gasteiger partial charge in [-0.3, -0.25) is 10.3 Å². The Labute approximate surface area is 107 Å². The molecule has 3 nitrogen and oxygen atoms in total. The van der Waals surface area contributed by atoms with Crippen LogP contribution in [0.4, 0.5) is 0 Å². The molecule has 0 amide bonds. The molecule has 18 heavy (non-hydrogen) atoms. The fraction of sp³-hybridized carbons (Fsp3) is 0.400. The van der Waals surface area contributed by atoms with E-state index in [-0.39, 0.29) is 6.04 Å². The van der Waals surface area contributed by atoms with Crippen LogP contribution in [-0.2, 0) is 6.42 Å². The quantitative estimate of drug-likeness (QED) is 0.896. The van der Waals surface area contributed by atoms with Crippen LogP contribution in [0.5, 0.6) is 0 Å². The van der Waals surface area contributed by atoms with E-state index in [1.54, 1.807) is 6.26 Å². The van der Waals surface area contributed by atoms with Crippen LogP contribution in [-0.4, -0.2) is 4.98 Å². The predicted octanol–water partition coefficient (Wildman–Crippen LogP) is 3.40. The van der Waals surface area contributed by atoms with Gasteiger partial charge in [-0.2, -0.15) is 0 Å². The lowest BCUT2D eigenvalue weighted by Crippen LogP contribution is -2.28. The predicted molar refractivity (Wildman–Crippen MR) is 70.2 cm³/mol. The minimum absolute atomic E-state index is 0.220. The topological polar surface area (TPSA) is 38.1 Å². The summed E-state index contributed by atoms with van der Waals surface area (Å²) >= 11 is 0. The van der Waals surface area contributed by atoms with Crippen molar-refractivity contribution in [1.82, 2.24) is 10.3 Å². The first-order chi connectivity index (χ1) is 8.84.